The standard InChI is InChI=1S/C70H50N2Si/c1-45-19-17-22-51(41-45)72-63-43-47(3)46(2)42-59(63)55-40-39-52(44-64(55)72)71(50-37-35-49(36-38-50)70(48-20-5-4-6-21-48)60-28-12-7-23-53(60)54-24-8-13-29-61(54)70)62-30-18-34-68-69(62)58-27-11-16-33-67(58)73(68)65-31-14-9-25-56(65)57-26-10-15-32-66(57)73/h4-44H,1-3H3. The Balaban J connectivity index is 1.02. The van der Waals surface area contributed by atoms with Crippen LogP contribution in [0.5, 0.6) is 0 Å². The molecule has 15 rings (SSSR count). The van der Waals surface area contributed by atoms with Crippen LogP contribution in [0.25, 0.3) is 60.9 Å². The van der Waals surface area contributed by atoms with Gasteiger partial charge in [0.25, 0.3) is 0 Å². The summed E-state index contributed by atoms with van der Waals surface area (Å²) in [7, 11) is -2.74. The molecule has 0 unspecified atom stereocenters. The topological polar surface area (TPSA) is 8.17 Å². The molecule has 11 aromatic carbocycles. The summed E-state index contributed by atoms with van der Waals surface area (Å²) in [5.74, 6) is 0. The Morgan fingerprint density at radius 1 is 0.370 bits per heavy atom. The monoisotopic (exact) mass is 946 g/mol. The molecular weight excluding hydrogens is 897 g/mol. The third kappa shape index (κ3) is 5.63. The van der Waals surface area contributed by atoms with Crippen LogP contribution in [-0.2, 0) is 5.41 Å². The summed E-state index contributed by atoms with van der Waals surface area (Å²) in [6, 6.07) is 94.8. The molecule has 3 aliphatic rings. The summed E-state index contributed by atoms with van der Waals surface area (Å²) < 4.78 is 2.49. The number of nitrogens with zero attached hydrogens (tertiary/aromatic N) is 2. The van der Waals surface area contributed by atoms with Crippen molar-refractivity contribution in [3.8, 4) is 39.1 Å². The summed E-state index contributed by atoms with van der Waals surface area (Å²) in [5.41, 5.74) is 23.4. The van der Waals surface area contributed by atoms with Gasteiger partial charge in [0.1, 0.15) is 0 Å². The molecule has 0 bridgehead atoms. The normalized spacial score (nSPS) is 13.9. The zero-order valence-corrected chi connectivity index (χ0v) is 42.1. The Bertz CT molecular complexity index is 4160. The van der Waals surface area contributed by atoms with Crippen molar-refractivity contribution in [1.29, 1.82) is 0 Å². The second-order valence-electron chi connectivity index (χ2n) is 20.5. The van der Waals surface area contributed by atoms with Crippen molar-refractivity contribution in [2.75, 3.05) is 4.90 Å². The van der Waals surface area contributed by atoms with Crippen LogP contribution in [0.2, 0.25) is 0 Å². The highest BCUT2D eigenvalue weighted by Gasteiger charge is 2.54. The van der Waals surface area contributed by atoms with E-state index < -0.39 is 13.5 Å². The molecule has 2 nitrogen and oxygen atoms in total. The van der Waals surface area contributed by atoms with Gasteiger partial charge >= 0.3 is 0 Å². The van der Waals surface area contributed by atoms with Gasteiger partial charge < -0.3 is 9.47 Å². The first-order valence-corrected chi connectivity index (χ1v) is 27.7. The molecule has 2 aliphatic heterocycles. The number of hydrogen-bond donors (Lipinski definition) is 0. The van der Waals surface area contributed by atoms with Crippen LogP contribution in [0.4, 0.5) is 17.1 Å². The molecule has 0 radical (unpaired) electrons. The Labute approximate surface area is 427 Å². The number of rotatable bonds is 6. The zero-order chi connectivity index (χ0) is 48.6. The maximum Gasteiger partial charge on any atom is 0.182 e. The number of aromatic nitrogens is 1. The van der Waals surface area contributed by atoms with E-state index in [2.05, 4.69) is 279 Å². The lowest BCUT2D eigenvalue weighted by molar-refractivity contribution is 0.768. The molecule has 0 saturated heterocycles. The van der Waals surface area contributed by atoms with E-state index in [-0.39, 0.29) is 0 Å². The lowest BCUT2D eigenvalue weighted by Gasteiger charge is -2.34. The van der Waals surface area contributed by atoms with Crippen molar-refractivity contribution >= 4 is 67.7 Å². The smallest absolute Gasteiger partial charge is 0.182 e. The lowest BCUT2D eigenvalue weighted by atomic mass is 9.68. The number of fused-ring (bicyclic) bond motifs is 16. The minimum atomic E-state index is -2.74. The first kappa shape index (κ1) is 42.0. The Kier molecular flexibility index (Phi) is 8.98. The molecule has 1 spiro atoms. The number of anilines is 3. The predicted molar refractivity (Wildman–Crippen MR) is 309 cm³/mol. The third-order valence-electron chi connectivity index (χ3n) is 16.8. The highest BCUT2D eigenvalue weighted by Crippen LogP contribution is 2.56. The molecule has 0 N–H and O–H groups in total. The van der Waals surface area contributed by atoms with Crippen LogP contribution in [0.15, 0.2) is 249 Å². The average Bonchev–Trinajstić information content (AvgIpc) is 4.14. The molecule has 0 amide bonds. The van der Waals surface area contributed by atoms with Crippen molar-refractivity contribution in [3.63, 3.8) is 0 Å². The van der Waals surface area contributed by atoms with Gasteiger partial charge in [-0.1, -0.05) is 194 Å². The van der Waals surface area contributed by atoms with Crippen LogP contribution in [0, 0.1) is 20.8 Å². The van der Waals surface area contributed by atoms with Gasteiger partial charge in [-0.25, -0.2) is 0 Å². The third-order valence-corrected chi connectivity index (χ3v) is 21.8. The molecule has 3 heteroatoms. The van der Waals surface area contributed by atoms with Crippen LogP contribution in [0.1, 0.15) is 38.9 Å². The van der Waals surface area contributed by atoms with Crippen molar-refractivity contribution in [3.05, 3.63) is 288 Å². The van der Waals surface area contributed by atoms with E-state index in [1.54, 1.807) is 0 Å². The van der Waals surface area contributed by atoms with Gasteiger partial charge in [-0.05, 0) is 163 Å². The Hall–Kier alpha value is -8.76. The molecule has 1 aromatic heterocycles. The van der Waals surface area contributed by atoms with Gasteiger partial charge in [0.15, 0.2) is 8.07 Å². The minimum Gasteiger partial charge on any atom is -0.310 e. The van der Waals surface area contributed by atoms with E-state index in [4.69, 9.17) is 0 Å². The second kappa shape index (κ2) is 15.6. The Morgan fingerprint density at radius 2 is 0.890 bits per heavy atom. The van der Waals surface area contributed by atoms with Gasteiger partial charge in [-0.3, -0.25) is 0 Å². The van der Waals surface area contributed by atoms with Gasteiger partial charge in [-0.2, -0.15) is 0 Å². The van der Waals surface area contributed by atoms with E-state index in [1.807, 2.05) is 0 Å². The largest absolute Gasteiger partial charge is 0.310 e. The van der Waals surface area contributed by atoms with E-state index in [0.29, 0.717) is 0 Å². The maximum absolute atomic E-state index is 2.74. The molecule has 1 aliphatic carbocycles. The van der Waals surface area contributed by atoms with Gasteiger partial charge in [0.05, 0.1) is 22.1 Å². The average molecular weight is 947 g/mol. The maximum atomic E-state index is 2.57. The molecule has 3 heterocycles. The fourth-order valence-electron chi connectivity index (χ4n) is 13.8. The van der Waals surface area contributed by atoms with Crippen LogP contribution >= 0.6 is 0 Å². The first-order valence-electron chi connectivity index (χ1n) is 25.7. The zero-order valence-electron chi connectivity index (χ0n) is 41.1. The summed E-state index contributed by atoms with van der Waals surface area (Å²) >= 11 is 0. The molecule has 12 aromatic rings. The highest BCUT2D eigenvalue weighted by atomic mass is 28.3. The van der Waals surface area contributed by atoms with Crippen molar-refractivity contribution < 1.29 is 0 Å². The summed E-state index contributed by atoms with van der Waals surface area (Å²) in [6.07, 6.45) is 0. The van der Waals surface area contributed by atoms with Gasteiger partial charge in [0, 0.05) is 33.4 Å². The fraction of sp³-hybridized carbons (Fsp3) is 0.0571. The molecular formula is C70H50N2Si. The lowest BCUT2D eigenvalue weighted by Crippen LogP contribution is -2.70. The van der Waals surface area contributed by atoms with Crippen molar-refractivity contribution in [1.82, 2.24) is 4.57 Å². The molecule has 0 saturated carbocycles. The molecule has 344 valence electrons. The predicted octanol–water partition coefficient (Wildman–Crippen LogP) is 14.9. The SMILES string of the molecule is Cc1cccc(-n2c3cc(N(c4ccc(C5(c6ccccc6)c6ccccc6-c6ccccc65)cc4)c4cccc5c4-c4ccccc4[Si]54c5ccccc5-c5ccccc54)ccc3c3cc(C)c(C)cc32)c1. The summed E-state index contributed by atoms with van der Waals surface area (Å²) in [6.45, 7) is 6.67. The highest BCUT2D eigenvalue weighted by molar-refractivity contribution is 7.24. The summed E-state index contributed by atoms with van der Waals surface area (Å²) in [4.78, 5) is 2.57. The van der Waals surface area contributed by atoms with E-state index in [0.717, 1.165) is 11.4 Å². The van der Waals surface area contributed by atoms with Crippen LogP contribution < -0.4 is 25.6 Å². The van der Waals surface area contributed by atoms with Crippen LogP contribution in [0.3, 0.4) is 0 Å². The molecule has 0 atom stereocenters. The van der Waals surface area contributed by atoms with Gasteiger partial charge in [0.2, 0.25) is 0 Å². The number of aryl methyl sites for hydroxylation is 3. The second-order valence-corrected chi connectivity index (χ2v) is 24.2. The van der Waals surface area contributed by atoms with E-state index in [9.17, 15) is 0 Å². The van der Waals surface area contributed by atoms with E-state index >= 15 is 0 Å². The van der Waals surface area contributed by atoms with E-state index in [1.165, 1.54) is 126 Å². The fourth-order valence-corrected chi connectivity index (χ4v) is 19.4. The van der Waals surface area contributed by atoms with Crippen molar-refractivity contribution in [2.24, 2.45) is 0 Å². The Morgan fingerprint density at radius 3 is 1.56 bits per heavy atom. The molecule has 73 heavy (non-hydrogen) atoms. The van der Waals surface area contributed by atoms with Crippen molar-refractivity contribution in [2.45, 2.75) is 26.2 Å². The number of hydrogen-bond acceptors (Lipinski definition) is 1. The quantitative estimate of drug-likeness (QED) is 0.151. The minimum absolute atomic E-state index is 0.504. The summed E-state index contributed by atoms with van der Waals surface area (Å²) in [5, 5.41) is 8.40. The van der Waals surface area contributed by atoms with Crippen LogP contribution in [-0.4, -0.2) is 12.6 Å². The molecule has 0 fully saturated rings. The van der Waals surface area contributed by atoms with Gasteiger partial charge in [-0.15, -0.1) is 0 Å². The number of benzene rings is 11. The first-order chi connectivity index (χ1) is 36.0.